The first-order valence-electron chi connectivity index (χ1n) is 6.18. The number of hydrogen-bond acceptors (Lipinski definition) is 6. The summed E-state index contributed by atoms with van der Waals surface area (Å²) in [4.78, 5) is 14.6. The van der Waals surface area contributed by atoms with E-state index in [1.807, 2.05) is 0 Å². The third-order valence-electron chi connectivity index (χ3n) is 2.96. The molecule has 0 unspecified atom stereocenters. The van der Waals surface area contributed by atoms with E-state index in [2.05, 4.69) is 19.9 Å². The van der Waals surface area contributed by atoms with Gasteiger partial charge in [0, 0.05) is 6.20 Å². The fraction of sp³-hybridized carbons (Fsp3) is 0.154. The Hall–Kier alpha value is -2.09. The number of aliphatic hydroxyl groups is 1. The van der Waals surface area contributed by atoms with E-state index in [0.29, 0.717) is 22.4 Å². The summed E-state index contributed by atoms with van der Waals surface area (Å²) in [5.41, 5.74) is 1.42. The average molecular weight is 341 g/mol. The SMILES string of the molecule is OCc1nc2c(OCc3cncnc3O)c(Cl)c(Cl)cc2[nH]1. The number of aromatic hydroxyl groups is 1. The molecule has 0 bridgehead atoms. The van der Waals surface area contributed by atoms with Crippen LogP contribution in [0.25, 0.3) is 11.0 Å². The Morgan fingerprint density at radius 2 is 2.14 bits per heavy atom. The van der Waals surface area contributed by atoms with Gasteiger partial charge in [0.25, 0.3) is 0 Å². The fourth-order valence-corrected chi connectivity index (χ4v) is 2.32. The van der Waals surface area contributed by atoms with Crippen LogP contribution < -0.4 is 4.74 Å². The van der Waals surface area contributed by atoms with Crippen molar-refractivity contribution in [1.29, 1.82) is 0 Å². The molecule has 0 aliphatic carbocycles. The molecule has 0 amide bonds. The Labute approximate surface area is 134 Å². The van der Waals surface area contributed by atoms with Crippen molar-refractivity contribution in [2.75, 3.05) is 0 Å². The van der Waals surface area contributed by atoms with Gasteiger partial charge in [-0.1, -0.05) is 23.2 Å². The van der Waals surface area contributed by atoms with Gasteiger partial charge in [0.15, 0.2) is 5.75 Å². The number of H-pyrrole nitrogens is 1. The molecule has 3 rings (SSSR count). The number of rotatable bonds is 4. The van der Waals surface area contributed by atoms with Crippen LogP contribution in [0.2, 0.25) is 10.0 Å². The molecule has 2 heterocycles. The molecule has 0 fully saturated rings. The summed E-state index contributed by atoms with van der Waals surface area (Å²) in [6, 6.07) is 1.60. The van der Waals surface area contributed by atoms with Crippen molar-refractivity contribution >= 4 is 34.2 Å². The summed E-state index contributed by atoms with van der Waals surface area (Å²) in [6.45, 7) is -0.264. The molecule has 0 saturated carbocycles. The standard InChI is InChI=1S/C13H10Cl2N4O3/c14-7-1-8-11(19-9(3-20)18-8)12(10(7)15)22-4-6-2-16-5-17-13(6)21/h1-2,5,20H,3-4H2,(H,18,19)(H,16,17,21). The number of aromatic nitrogens is 4. The van der Waals surface area contributed by atoms with Gasteiger partial charge in [0.05, 0.1) is 16.1 Å². The number of ether oxygens (including phenoxy) is 1. The van der Waals surface area contributed by atoms with Crippen molar-refractivity contribution in [2.24, 2.45) is 0 Å². The van der Waals surface area contributed by atoms with Crippen LogP contribution in [0.4, 0.5) is 0 Å². The lowest BCUT2D eigenvalue weighted by atomic mass is 10.3. The largest absolute Gasteiger partial charge is 0.493 e. The predicted octanol–water partition coefficient (Wildman–Crippen LogP) is 2.44. The minimum Gasteiger partial charge on any atom is -0.493 e. The number of nitrogens with one attached hydrogen (secondary N) is 1. The number of halogens is 2. The average Bonchev–Trinajstić information content (AvgIpc) is 2.92. The summed E-state index contributed by atoms with van der Waals surface area (Å²) in [5, 5.41) is 19.3. The Morgan fingerprint density at radius 3 is 2.86 bits per heavy atom. The second-order valence-electron chi connectivity index (χ2n) is 4.40. The number of imidazole rings is 1. The highest BCUT2D eigenvalue weighted by molar-refractivity contribution is 6.44. The van der Waals surface area contributed by atoms with E-state index >= 15 is 0 Å². The van der Waals surface area contributed by atoms with Crippen molar-refractivity contribution in [3.05, 3.63) is 40.0 Å². The zero-order valence-electron chi connectivity index (χ0n) is 11.0. The van der Waals surface area contributed by atoms with Crippen LogP contribution in [0, 0.1) is 0 Å². The van der Waals surface area contributed by atoms with Gasteiger partial charge in [0.2, 0.25) is 5.88 Å². The van der Waals surface area contributed by atoms with Gasteiger partial charge < -0.3 is 19.9 Å². The Balaban J connectivity index is 2.00. The van der Waals surface area contributed by atoms with Crippen molar-refractivity contribution in [2.45, 2.75) is 13.2 Å². The van der Waals surface area contributed by atoms with E-state index in [9.17, 15) is 5.11 Å². The fourth-order valence-electron chi connectivity index (χ4n) is 1.93. The molecular weight excluding hydrogens is 331 g/mol. The molecule has 0 aliphatic heterocycles. The highest BCUT2D eigenvalue weighted by Gasteiger charge is 2.17. The van der Waals surface area contributed by atoms with E-state index in [1.54, 1.807) is 6.07 Å². The normalized spacial score (nSPS) is 11.0. The molecule has 2 aromatic heterocycles. The maximum atomic E-state index is 9.62. The molecule has 7 nitrogen and oxygen atoms in total. The van der Waals surface area contributed by atoms with E-state index in [-0.39, 0.29) is 34.9 Å². The highest BCUT2D eigenvalue weighted by Crippen LogP contribution is 2.38. The van der Waals surface area contributed by atoms with Crippen LogP contribution in [0.5, 0.6) is 11.6 Å². The third-order valence-corrected chi connectivity index (χ3v) is 3.73. The first-order valence-corrected chi connectivity index (χ1v) is 6.94. The number of nitrogens with zero attached hydrogens (tertiary/aromatic N) is 3. The van der Waals surface area contributed by atoms with Crippen molar-refractivity contribution in [1.82, 2.24) is 19.9 Å². The number of fused-ring (bicyclic) bond motifs is 1. The molecule has 3 N–H and O–H groups in total. The maximum absolute atomic E-state index is 9.62. The van der Waals surface area contributed by atoms with E-state index < -0.39 is 0 Å². The zero-order chi connectivity index (χ0) is 15.7. The summed E-state index contributed by atoms with van der Waals surface area (Å²) >= 11 is 12.2. The third kappa shape index (κ3) is 2.66. The second kappa shape index (κ2) is 5.96. The lowest BCUT2D eigenvalue weighted by Gasteiger charge is -2.10. The minimum atomic E-state index is -0.253. The van der Waals surface area contributed by atoms with Crippen LogP contribution in [0.3, 0.4) is 0 Å². The number of aromatic amines is 1. The second-order valence-corrected chi connectivity index (χ2v) is 5.18. The van der Waals surface area contributed by atoms with Crippen molar-refractivity contribution in [3.8, 4) is 11.6 Å². The van der Waals surface area contributed by atoms with Crippen LogP contribution in [0.1, 0.15) is 11.4 Å². The van der Waals surface area contributed by atoms with Gasteiger partial charge in [-0.2, -0.15) is 0 Å². The molecule has 0 atom stereocenters. The van der Waals surface area contributed by atoms with Gasteiger partial charge in [-0.25, -0.2) is 15.0 Å². The topological polar surface area (TPSA) is 104 Å². The monoisotopic (exact) mass is 340 g/mol. The maximum Gasteiger partial charge on any atom is 0.220 e. The Kier molecular flexibility index (Phi) is 4.02. The summed E-state index contributed by atoms with van der Waals surface area (Å²) in [6.07, 6.45) is 2.66. The summed E-state index contributed by atoms with van der Waals surface area (Å²) in [5.74, 6) is 0.440. The van der Waals surface area contributed by atoms with Gasteiger partial charge in [-0.05, 0) is 6.07 Å². The lowest BCUT2D eigenvalue weighted by Crippen LogP contribution is -1.99. The first-order chi connectivity index (χ1) is 10.6. The number of benzene rings is 1. The molecule has 0 aliphatic rings. The lowest BCUT2D eigenvalue weighted by molar-refractivity contribution is 0.272. The van der Waals surface area contributed by atoms with Gasteiger partial charge in [0.1, 0.15) is 35.9 Å². The predicted molar refractivity (Wildman–Crippen MR) is 80.1 cm³/mol. The van der Waals surface area contributed by atoms with Gasteiger partial charge in [-0.15, -0.1) is 0 Å². The molecule has 22 heavy (non-hydrogen) atoms. The minimum absolute atomic E-state index is 0.0108. The quantitative estimate of drug-likeness (QED) is 0.673. The molecule has 0 spiro atoms. The molecule has 9 heteroatoms. The molecule has 0 radical (unpaired) electrons. The van der Waals surface area contributed by atoms with Crippen LogP contribution >= 0.6 is 23.2 Å². The van der Waals surface area contributed by atoms with E-state index in [1.165, 1.54) is 12.5 Å². The summed E-state index contributed by atoms with van der Waals surface area (Å²) < 4.78 is 5.64. The molecule has 1 aromatic carbocycles. The van der Waals surface area contributed by atoms with Crippen LogP contribution in [-0.4, -0.2) is 30.1 Å². The molecule has 114 valence electrons. The van der Waals surface area contributed by atoms with Gasteiger partial charge >= 0.3 is 0 Å². The van der Waals surface area contributed by atoms with Crippen LogP contribution in [0.15, 0.2) is 18.6 Å². The van der Waals surface area contributed by atoms with Gasteiger partial charge in [-0.3, -0.25) is 0 Å². The number of hydrogen-bond donors (Lipinski definition) is 3. The van der Waals surface area contributed by atoms with Crippen molar-refractivity contribution in [3.63, 3.8) is 0 Å². The van der Waals surface area contributed by atoms with E-state index in [0.717, 1.165) is 0 Å². The smallest absolute Gasteiger partial charge is 0.220 e. The zero-order valence-corrected chi connectivity index (χ0v) is 12.6. The van der Waals surface area contributed by atoms with Crippen molar-refractivity contribution < 1.29 is 14.9 Å². The molecule has 0 saturated heterocycles. The highest BCUT2D eigenvalue weighted by atomic mass is 35.5. The van der Waals surface area contributed by atoms with Crippen LogP contribution in [-0.2, 0) is 13.2 Å². The van der Waals surface area contributed by atoms with E-state index in [4.69, 9.17) is 33.0 Å². The number of aliphatic hydroxyl groups excluding tert-OH is 1. The molecule has 3 aromatic rings. The first kappa shape index (κ1) is 14.8. The molecular formula is C13H10Cl2N4O3. The Bertz CT molecular complexity index is 838. The Morgan fingerprint density at radius 1 is 1.32 bits per heavy atom. The summed E-state index contributed by atoms with van der Waals surface area (Å²) in [7, 11) is 0.